The van der Waals surface area contributed by atoms with Crippen molar-refractivity contribution in [2.75, 3.05) is 0 Å². The molecule has 0 saturated heterocycles. The highest BCUT2D eigenvalue weighted by Gasteiger charge is 2.20. The van der Waals surface area contributed by atoms with Crippen molar-refractivity contribution in [2.45, 2.75) is 20.0 Å². The fraction of sp³-hybridized carbons (Fsp3) is 0.308. The Hall–Kier alpha value is -1.81. The Kier molecular flexibility index (Phi) is 2.67. The number of rotatable bonds is 2. The fourth-order valence-electron chi connectivity index (χ4n) is 2.33. The van der Waals surface area contributed by atoms with E-state index < -0.39 is 12.1 Å². The molecule has 1 atom stereocenters. The molecule has 4 nitrogen and oxygen atoms in total. The van der Waals surface area contributed by atoms with E-state index in [2.05, 4.69) is 0 Å². The Bertz CT molecular complexity index is 596. The first-order valence-corrected chi connectivity index (χ1v) is 5.44. The summed E-state index contributed by atoms with van der Waals surface area (Å²) in [7, 11) is 1.87. The third kappa shape index (κ3) is 1.61. The lowest BCUT2D eigenvalue weighted by Gasteiger charge is -2.06. The summed E-state index contributed by atoms with van der Waals surface area (Å²) >= 11 is 0. The largest absolute Gasteiger partial charge is 0.478 e. The second-order valence-electron chi connectivity index (χ2n) is 4.24. The maximum Gasteiger partial charge on any atom is 0.336 e. The van der Waals surface area contributed by atoms with Crippen LogP contribution in [0.25, 0.3) is 10.9 Å². The number of aromatic carboxylic acids is 1. The van der Waals surface area contributed by atoms with Crippen molar-refractivity contribution in [2.24, 2.45) is 7.05 Å². The monoisotopic (exact) mass is 233 g/mol. The molecule has 0 bridgehead atoms. The molecule has 0 aliphatic rings. The second-order valence-corrected chi connectivity index (χ2v) is 4.24. The van der Waals surface area contributed by atoms with Crippen LogP contribution in [0.3, 0.4) is 0 Å². The van der Waals surface area contributed by atoms with Crippen LogP contribution in [0.5, 0.6) is 0 Å². The molecular weight excluding hydrogens is 218 g/mol. The highest BCUT2D eigenvalue weighted by molar-refractivity contribution is 6.05. The smallest absolute Gasteiger partial charge is 0.336 e. The predicted octanol–water partition coefficient (Wildman–Crippen LogP) is 2.24. The van der Waals surface area contributed by atoms with Crippen molar-refractivity contribution in [1.29, 1.82) is 0 Å². The van der Waals surface area contributed by atoms with Gasteiger partial charge in [0.2, 0.25) is 0 Å². The lowest BCUT2D eigenvalue weighted by Crippen LogP contribution is -2.00. The summed E-state index contributed by atoms with van der Waals surface area (Å²) in [4.78, 5) is 11.2. The number of fused-ring (bicyclic) bond motifs is 1. The molecule has 1 aromatic heterocycles. The molecule has 0 saturated carbocycles. The van der Waals surface area contributed by atoms with Gasteiger partial charge in [-0.25, -0.2) is 4.79 Å². The molecule has 0 amide bonds. The zero-order valence-corrected chi connectivity index (χ0v) is 10.1. The van der Waals surface area contributed by atoms with Gasteiger partial charge < -0.3 is 14.8 Å². The molecule has 90 valence electrons. The molecule has 0 radical (unpaired) electrons. The summed E-state index contributed by atoms with van der Waals surface area (Å²) in [6.07, 6.45) is -0.681. The van der Waals surface area contributed by atoms with Crippen molar-refractivity contribution in [3.63, 3.8) is 0 Å². The van der Waals surface area contributed by atoms with E-state index in [1.165, 1.54) is 0 Å². The first-order valence-electron chi connectivity index (χ1n) is 5.44. The zero-order valence-electron chi connectivity index (χ0n) is 10.1. The van der Waals surface area contributed by atoms with Gasteiger partial charge in [0.15, 0.2) is 0 Å². The van der Waals surface area contributed by atoms with Gasteiger partial charge in [-0.3, -0.25) is 0 Å². The average molecular weight is 233 g/mol. The molecule has 2 N–H and O–H groups in total. The molecule has 2 aromatic rings. The average Bonchev–Trinajstić information content (AvgIpc) is 2.51. The number of aromatic nitrogens is 1. The van der Waals surface area contributed by atoms with Gasteiger partial charge in [-0.2, -0.15) is 0 Å². The van der Waals surface area contributed by atoms with Crippen LogP contribution < -0.4 is 0 Å². The van der Waals surface area contributed by atoms with Gasteiger partial charge in [0.05, 0.1) is 11.7 Å². The quantitative estimate of drug-likeness (QED) is 0.836. The van der Waals surface area contributed by atoms with Crippen molar-refractivity contribution in [3.8, 4) is 0 Å². The SMILES string of the molecule is Cc1c(C(C)O)c2c(C(=O)O)cccc2n1C. The Morgan fingerprint density at radius 2 is 2.06 bits per heavy atom. The summed E-state index contributed by atoms with van der Waals surface area (Å²) in [5.74, 6) is -0.969. The second kappa shape index (κ2) is 3.89. The first kappa shape index (κ1) is 11.7. The van der Waals surface area contributed by atoms with Crippen LogP contribution in [0.15, 0.2) is 18.2 Å². The van der Waals surface area contributed by atoms with Crippen LogP contribution in [-0.2, 0) is 7.05 Å². The molecule has 17 heavy (non-hydrogen) atoms. The standard InChI is InChI=1S/C13H15NO3/c1-7-11(8(2)15)12-9(13(16)17)5-4-6-10(12)14(7)3/h4-6,8,15H,1-3H3,(H,16,17). The van der Waals surface area contributed by atoms with Crippen LogP contribution in [-0.4, -0.2) is 20.7 Å². The van der Waals surface area contributed by atoms with E-state index in [-0.39, 0.29) is 5.56 Å². The number of aliphatic hydroxyl groups excluding tert-OH is 1. The lowest BCUT2D eigenvalue weighted by molar-refractivity contribution is 0.0699. The van der Waals surface area contributed by atoms with E-state index in [4.69, 9.17) is 0 Å². The van der Waals surface area contributed by atoms with Crippen molar-refractivity contribution in [3.05, 3.63) is 35.0 Å². The van der Waals surface area contributed by atoms with E-state index >= 15 is 0 Å². The van der Waals surface area contributed by atoms with Gasteiger partial charge in [-0.1, -0.05) is 6.07 Å². The molecule has 1 heterocycles. The summed E-state index contributed by atoms with van der Waals surface area (Å²) < 4.78 is 1.91. The van der Waals surface area contributed by atoms with Gasteiger partial charge in [-0.05, 0) is 26.0 Å². The zero-order chi connectivity index (χ0) is 12.7. The van der Waals surface area contributed by atoms with Crippen molar-refractivity contribution < 1.29 is 15.0 Å². The number of hydrogen-bond acceptors (Lipinski definition) is 2. The molecule has 4 heteroatoms. The number of benzene rings is 1. The van der Waals surface area contributed by atoms with E-state index in [1.807, 2.05) is 24.6 Å². The minimum atomic E-state index is -0.969. The molecule has 0 aliphatic heterocycles. The maximum atomic E-state index is 11.2. The van der Waals surface area contributed by atoms with Crippen LogP contribution in [0.4, 0.5) is 0 Å². The molecule has 0 fully saturated rings. The molecule has 1 aromatic carbocycles. The van der Waals surface area contributed by atoms with Gasteiger partial charge in [0, 0.05) is 29.2 Å². The number of aliphatic hydroxyl groups is 1. The minimum absolute atomic E-state index is 0.238. The minimum Gasteiger partial charge on any atom is -0.478 e. The van der Waals surface area contributed by atoms with Crippen LogP contribution in [0.1, 0.15) is 34.6 Å². The molecule has 0 aliphatic carbocycles. The van der Waals surface area contributed by atoms with Crippen molar-refractivity contribution in [1.82, 2.24) is 4.57 Å². The highest BCUT2D eigenvalue weighted by atomic mass is 16.4. The van der Waals surface area contributed by atoms with E-state index in [0.29, 0.717) is 10.9 Å². The normalized spacial score (nSPS) is 12.9. The number of carboxylic acids is 1. The van der Waals surface area contributed by atoms with E-state index in [9.17, 15) is 15.0 Å². The number of nitrogens with zero attached hydrogens (tertiary/aromatic N) is 1. The third-order valence-corrected chi connectivity index (χ3v) is 3.21. The predicted molar refractivity (Wildman–Crippen MR) is 65.2 cm³/mol. The van der Waals surface area contributed by atoms with Gasteiger partial charge in [-0.15, -0.1) is 0 Å². The Morgan fingerprint density at radius 3 is 2.59 bits per heavy atom. The van der Waals surface area contributed by atoms with Gasteiger partial charge >= 0.3 is 5.97 Å². The Balaban J connectivity index is 2.97. The Labute approximate surface area is 99.1 Å². The summed E-state index contributed by atoms with van der Waals surface area (Å²) in [6, 6.07) is 5.15. The van der Waals surface area contributed by atoms with Crippen LogP contribution in [0, 0.1) is 6.92 Å². The maximum absolute atomic E-state index is 11.2. The number of aryl methyl sites for hydroxylation is 1. The summed E-state index contributed by atoms with van der Waals surface area (Å²) in [5.41, 5.74) is 2.66. The molecule has 1 unspecified atom stereocenters. The first-order chi connectivity index (χ1) is 7.95. The summed E-state index contributed by atoms with van der Waals surface area (Å²) in [5, 5.41) is 19.6. The fourth-order valence-corrected chi connectivity index (χ4v) is 2.33. The molecule has 2 rings (SSSR count). The number of carbonyl (C=O) groups is 1. The van der Waals surface area contributed by atoms with Gasteiger partial charge in [0.1, 0.15) is 0 Å². The van der Waals surface area contributed by atoms with Crippen LogP contribution >= 0.6 is 0 Å². The highest BCUT2D eigenvalue weighted by Crippen LogP contribution is 2.32. The number of hydrogen-bond donors (Lipinski definition) is 2. The number of carboxylic acid groups (broad SMARTS) is 1. The molecular formula is C13H15NO3. The van der Waals surface area contributed by atoms with E-state index in [0.717, 1.165) is 11.2 Å². The van der Waals surface area contributed by atoms with Gasteiger partial charge in [0.25, 0.3) is 0 Å². The molecule has 0 spiro atoms. The summed E-state index contributed by atoms with van der Waals surface area (Å²) in [6.45, 7) is 3.54. The lowest BCUT2D eigenvalue weighted by atomic mass is 10.0. The van der Waals surface area contributed by atoms with Crippen LogP contribution in [0.2, 0.25) is 0 Å². The van der Waals surface area contributed by atoms with E-state index in [1.54, 1.807) is 19.1 Å². The Morgan fingerprint density at radius 1 is 1.41 bits per heavy atom. The van der Waals surface area contributed by atoms with Crippen molar-refractivity contribution >= 4 is 16.9 Å². The third-order valence-electron chi connectivity index (χ3n) is 3.21. The topological polar surface area (TPSA) is 62.5 Å².